The second-order valence-electron chi connectivity index (χ2n) is 13.5. The van der Waals surface area contributed by atoms with Crippen LogP contribution in [0.3, 0.4) is 0 Å². The largest absolute Gasteiger partial charge is 0.530 e. The van der Waals surface area contributed by atoms with Crippen molar-refractivity contribution in [2.24, 2.45) is 0 Å². The highest BCUT2D eigenvalue weighted by Gasteiger charge is 2.34. The van der Waals surface area contributed by atoms with Gasteiger partial charge in [0.05, 0.1) is 0 Å². The molecular weight excluding hydrogens is 666 g/mol. The summed E-state index contributed by atoms with van der Waals surface area (Å²) in [5.74, 6) is 3.41. The average Bonchev–Trinajstić information content (AvgIpc) is 3.25. The van der Waals surface area contributed by atoms with Gasteiger partial charge in [-0.3, -0.25) is 0 Å². The van der Waals surface area contributed by atoms with Crippen LogP contribution in [0.25, 0.3) is 11.1 Å². The van der Waals surface area contributed by atoms with E-state index in [0.717, 1.165) is 61.9 Å². The lowest BCUT2D eigenvalue weighted by Gasteiger charge is -2.27. The van der Waals surface area contributed by atoms with E-state index in [9.17, 15) is 0 Å². The number of benzene rings is 6. The van der Waals surface area contributed by atoms with Crippen molar-refractivity contribution in [1.29, 1.82) is 0 Å². The van der Waals surface area contributed by atoms with E-state index >= 15 is 0 Å². The van der Waals surface area contributed by atoms with Gasteiger partial charge < -0.3 is 18.1 Å². The molecule has 0 aliphatic carbocycles. The zero-order chi connectivity index (χ0) is 35.6. The first-order valence-electron chi connectivity index (χ1n) is 17.6. The topological polar surface area (TPSA) is 36.9 Å². The molecule has 4 nitrogen and oxygen atoms in total. The van der Waals surface area contributed by atoms with Gasteiger partial charge in [0.2, 0.25) is 0 Å². The number of aryl methyl sites for hydroxylation is 4. The molecule has 0 aromatic heterocycles. The van der Waals surface area contributed by atoms with E-state index in [1.807, 2.05) is 62.4 Å². The number of rotatable bonds is 9. The number of para-hydroxylation sites is 2. The lowest BCUT2D eigenvalue weighted by Crippen LogP contribution is -2.18. The Labute approximate surface area is 305 Å². The molecule has 1 heterocycles. The van der Waals surface area contributed by atoms with Crippen LogP contribution in [-0.2, 0) is 0 Å². The predicted molar refractivity (Wildman–Crippen MR) is 214 cm³/mol. The zero-order valence-electron chi connectivity index (χ0n) is 30.3. The molecule has 6 heteroatoms. The summed E-state index contributed by atoms with van der Waals surface area (Å²) in [6, 6.07) is 44.3. The van der Waals surface area contributed by atoms with E-state index in [2.05, 4.69) is 113 Å². The van der Waals surface area contributed by atoms with E-state index in [4.69, 9.17) is 18.1 Å². The van der Waals surface area contributed by atoms with Gasteiger partial charge in [-0.2, -0.15) is 0 Å². The number of hydrogen-bond acceptors (Lipinski definition) is 4. The SMILES string of the molecule is Cc1ccccc1OP(Oc1ccccc1C)Oc1c(C(C)C)ccc(C)c1-c1c(C)ccc2c1OP(c1ccccc1)c1ccccc1C2C. The van der Waals surface area contributed by atoms with E-state index in [1.165, 1.54) is 21.7 Å². The highest BCUT2D eigenvalue weighted by atomic mass is 31.2. The van der Waals surface area contributed by atoms with Crippen molar-refractivity contribution < 1.29 is 18.1 Å². The molecular formula is C45H44O4P2. The summed E-state index contributed by atoms with van der Waals surface area (Å²) < 4.78 is 27.9. The van der Waals surface area contributed by atoms with Crippen molar-refractivity contribution in [3.05, 3.63) is 166 Å². The molecule has 6 aromatic carbocycles. The predicted octanol–water partition coefficient (Wildman–Crippen LogP) is 12.4. The quantitative estimate of drug-likeness (QED) is 0.140. The van der Waals surface area contributed by atoms with Crippen molar-refractivity contribution in [2.45, 2.75) is 60.3 Å². The molecule has 51 heavy (non-hydrogen) atoms. The molecule has 1 aliphatic rings. The van der Waals surface area contributed by atoms with Crippen LogP contribution < -0.4 is 28.7 Å². The Balaban J connectivity index is 1.43. The van der Waals surface area contributed by atoms with E-state index in [0.29, 0.717) is 0 Å². The second-order valence-corrected chi connectivity index (χ2v) is 16.3. The van der Waals surface area contributed by atoms with E-state index < -0.39 is 16.8 Å². The lowest BCUT2D eigenvalue weighted by molar-refractivity contribution is 0.384. The minimum Gasteiger partial charge on any atom is -0.464 e. The smallest absolute Gasteiger partial charge is 0.464 e. The fraction of sp³-hybridized carbons (Fsp3) is 0.200. The average molecular weight is 711 g/mol. The van der Waals surface area contributed by atoms with Crippen molar-refractivity contribution in [2.75, 3.05) is 0 Å². The van der Waals surface area contributed by atoms with E-state index in [1.54, 1.807) is 0 Å². The van der Waals surface area contributed by atoms with Crippen LogP contribution in [0.15, 0.2) is 127 Å². The van der Waals surface area contributed by atoms with Gasteiger partial charge in [-0.05, 0) is 79.1 Å². The molecule has 0 amide bonds. The molecule has 0 fully saturated rings. The van der Waals surface area contributed by atoms with Gasteiger partial charge >= 0.3 is 8.60 Å². The van der Waals surface area contributed by atoms with Crippen LogP contribution in [0.2, 0.25) is 0 Å². The molecule has 2 atom stereocenters. The summed E-state index contributed by atoms with van der Waals surface area (Å²) in [7, 11) is -3.09. The maximum absolute atomic E-state index is 7.40. The standard InChI is InChI=1S/C45H44O4P2/c1-29(2)36-27-25-32(5)42(44(36)49-51(46-39-22-14-11-17-30(39)3)47-40-23-15-12-18-31(40)4)43-33(6)26-28-38-34(7)37-21-13-16-24-41(37)50(48-45(38)43)35-19-9-8-10-20-35/h8-29,34H,1-7H3. The fourth-order valence-electron chi connectivity index (χ4n) is 6.72. The monoisotopic (exact) mass is 710 g/mol. The van der Waals surface area contributed by atoms with Crippen molar-refractivity contribution >= 4 is 27.4 Å². The second kappa shape index (κ2) is 14.9. The van der Waals surface area contributed by atoms with E-state index in [-0.39, 0.29) is 11.8 Å². The Hall–Kier alpha value is -4.62. The van der Waals surface area contributed by atoms with Crippen LogP contribution in [0.4, 0.5) is 0 Å². The highest BCUT2D eigenvalue weighted by Crippen LogP contribution is 2.56. The van der Waals surface area contributed by atoms with Crippen LogP contribution in [0.1, 0.15) is 71.6 Å². The van der Waals surface area contributed by atoms with Gasteiger partial charge in [0.25, 0.3) is 0 Å². The first-order chi connectivity index (χ1) is 24.7. The third kappa shape index (κ3) is 7.01. The molecule has 1 aliphatic heterocycles. The third-order valence-corrected chi connectivity index (χ3v) is 12.6. The molecule has 0 radical (unpaired) electrons. The summed E-state index contributed by atoms with van der Waals surface area (Å²) in [5.41, 5.74) is 9.83. The van der Waals surface area contributed by atoms with Crippen LogP contribution in [0.5, 0.6) is 23.0 Å². The van der Waals surface area contributed by atoms with Gasteiger partial charge in [0.15, 0.2) is 8.15 Å². The summed E-state index contributed by atoms with van der Waals surface area (Å²) in [6.45, 7) is 15.1. The molecule has 7 rings (SSSR count). The number of hydrogen-bond donors (Lipinski definition) is 0. The Bertz CT molecular complexity index is 2130. The first-order valence-corrected chi connectivity index (χ1v) is 19.9. The Kier molecular flexibility index (Phi) is 10.2. The van der Waals surface area contributed by atoms with Crippen molar-refractivity contribution in [1.82, 2.24) is 0 Å². The minimum absolute atomic E-state index is 0.121. The van der Waals surface area contributed by atoms with Gasteiger partial charge in [-0.1, -0.05) is 136 Å². The Morgan fingerprint density at radius 2 is 1.14 bits per heavy atom. The minimum atomic E-state index is -1.94. The molecule has 0 bridgehead atoms. The van der Waals surface area contributed by atoms with Gasteiger partial charge in [-0.25, -0.2) is 0 Å². The Morgan fingerprint density at radius 1 is 0.569 bits per heavy atom. The molecule has 0 saturated heterocycles. The maximum Gasteiger partial charge on any atom is 0.530 e. The lowest BCUT2D eigenvalue weighted by atomic mass is 9.85. The molecule has 0 N–H and O–H groups in total. The molecule has 0 saturated carbocycles. The molecule has 0 spiro atoms. The van der Waals surface area contributed by atoms with Crippen LogP contribution in [0, 0.1) is 27.7 Å². The van der Waals surface area contributed by atoms with Gasteiger partial charge in [-0.15, -0.1) is 0 Å². The van der Waals surface area contributed by atoms with Gasteiger partial charge in [0, 0.05) is 33.2 Å². The molecule has 6 aromatic rings. The summed E-state index contributed by atoms with van der Waals surface area (Å²) in [4.78, 5) is 0. The van der Waals surface area contributed by atoms with Crippen LogP contribution >= 0.6 is 16.8 Å². The van der Waals surface area contributed by atoms with Crippen LogP contribution in [-0.4, -0.2) is 0 Å². The number of fused-ring (bicyclic) bond motifs is 2. The molecule has 2 unspecified atom stereocenters. The summed E-state index contributed by atoms with van der Waals surface area (Å²) in [5, 5.41) is 2.43. The zero-order valence-corrected chi connectivity index (χ0v) is 32.1. The van der Waals surface area contributed by atoms with Crippen molar-refractivity contribution in [3.63, 3.8) is 0 Å². The maximum atomic E-state index is 7.40. The van der Waals surface area contributed by atoms with Crippen molar-refractivity contribution in [3.8, 4) is 34.1 Å². The normalized spacial score (nSPS) is 15.1. The third-order valence-electron chi connectivity index (χ3n) is 9.63. The summed E-state index contributed by atoms with van der Waals surface area (Å²) >= 11 is 0. The first kappa shape index (κ1) is 34.8. The summed E-state index contributed by atoms with van der Waals surface area (Å²) in [6.07, 6.45) is 0. The highest BCUT2D eigenvalue weighted by molar-refractivity contribution is 7.69. The fourth-order valence-corrected chi connectivity index (χ4v) is 9.94. The molecule has 258 valence electrons. The van der Waals surface area contributed by atoms with Gasteiger partial charge in [0.1, 0.15) is 23.0 Å². The Morgan fingerprint density at radius 3 is 1.78 bits per heavy atom.